The van der Waals surface area contributed by atoms with E-state index in [1.54, 1.807) is 31.2 Å². The van der Waals surface area contributed by atoms with Crippen LogP contribution in [0.15, 0.2) is 46.9 Å². The number of hydrogen-bond donors (Lipinski definition) is 1. The van der Waals surface area contributed by atoms with Gasteiger partial charge in [-0.15, -0.1) is 0 Å². The summed E-state index contributed by atoms with van der Waals surface area (Å²) in [5, 5.41) is 2.52. The molecule has 1 N–H and O–H groups in total. The van der Waals surface area contributed by atoms with Gasteiger partial charge in [-0.25, -0.2) is 4.39 Å². The molecule has 0 aromatic heterocycles. The van der Waals surface area contributed by atoms with E-state index in [0.29, 0.717) is 5.56 Å². The molecule has 1 aliphatic rings. The largest absolute Gasteiger partial charge is 0.323 e. The highest BCUT2D eigenvalue weighted by atomic mass is 79.9. The molecule has 0 radical (unpaired) electrons. The maximum atomic E-state index is 13.1. The van der Waals surface area contributed by atoms with Crippen LogP contribution in [0.1, 0.15) is 18.9 Å². The van der Waals surface area contributed by atoms with Crippen molar-refractivity contribution in [2.75, 3.05) is 11.9 Å². The second-order valence-electron chi connectivity index (χ2n) is 6.47. The number of likely N-dealkylation sites (tertiary alicyclic amines) is 1. The quantitative estimate of drug-likeness (QED) is 0.714. The highest BCUT2D eigenvalue weighted by molar-refractivity contribution is 9.10. The first-order chi connectivity index (χ1) is 12.7. The van der Waals surface area contributed by atoms with Crippen molar-refractivity contribution in [1.29, 1.82) is 0 Å². The molecule has 0 saturated carbocycles. The van der Waals surface area contributed by atoms with Crippen LogP contribution in [-0.4, -0.2) is 29.2 Å². The lowest BCUT2D eigenvalue weighted by Crippen LogP contribution is -2.41. The highest BCUT2D eigenvalue weighted by Crippen LogP contribution is 2.36. The third kappa shape index (κ3) is 3.89. The molecule has 2 aromatic carbocycles. The first kappa shape index (κ1) is 19.5. The molecule has 1 atom stereocenters. The topological polar surface area (TPSA) is 66.5 Å². The molecule has 3 rings (SSSR count). The summed E-state index contributed by atoms with van der Waals surface area (Å²) in [6, 6.07) is 10.7. The van der Waals surface area contributed by atoms with Crippen molar-refractivity contribution in [2.24, 2.45) is 0 Å². The Balaban J connectivity index is 1.75. The van der Waals surface area contributed by atoms with Gasteiger partial charge < -0.3 is 5.32 Å². The summed E-state index contributed by atoms with van der Waals surface area (Å²) in [7, 11) is 0. The van der Waals surface area contributed by atoms with Crippen LogP contribution in [0, 0.1) is 5.82 Å². The van der Waals surface area contributed by atoms with Gasteiger partial charge in [0.15, 0.2) is 0 Å². The normalized spacial score (nSPS) is 19.5. The highest BCUT2D eigenvalue weighted by Gasteiger charge is 2.49. The summed E-state index contributed by atoms with van der Waals surface area (Å²) in [5.74, 6) is -1.99. The van der Waals surface area contributed by atoms with E-state index in [0.717, 1.165) is 21.5 Å². The van der Waals surface area contributed by atoms with Gasteiger partial charge in [0.2, 0.25) is 17.7 Å². The molecule has 1 aliphatic heterocycles. The molecule has 2 aromatic rings. The molecule has 27 heavy (non-hydrogen) atoms. The van der Waals surface area contributed by atoms with Crippen molar-refractivity contribution in [3.8, 4) is 0 Å². The average Bonchev–Trinajstić information content (AvgIpc) is 2.82. The van der Waals surface area contributed by atoms with Crippen LogP contribution in [0.25, 0.3) is 0 Å². The number of halogens is 3. The zero-order valence-corrected chi connectivity index (χ0v) is 16.6. The number of benzene rings is 2. The van der Waals surface area contributed by atoms with Crippen LogP contribution in [-0.2, 0) is 19.8 Å². The summed E-state index contributed by atoms with van der Waals surface area (Å²) in [6.45, 7) is 1.25. The SMILES string of the molecule is CC1(c2ccc(Br)cc2)CC(=O)N(CC(=O)Nc2ccc(F)cc2Cl)C1=O. The standard InChI is InChI=1S/C19H15BrClFN2O3/c1-19(11-2-4-12(20)5-3-11)9-17(26)24(18(19)27)10-16(25)23-15-7-6-13(22)8-14(15)21/h2-8H,9-10H2,1H3,(H,23,25). The molecule has 140 valence electrons. The van der Waals surface area contributed by atoms with Gasteiger partial charge in [-0.1, -0.05) is 39.7 Å². The first-order valence-electron chi connectivity index (χ1n) is 8.06. The lowest BCUT2D eigenvalue weighted by molar-refractivity contribution is -0.142. The minimum Gasteiger partial charge on any atom is -0.323 e. The number of nitrogens with zero attached hydrogens (tertiary/aromatic N) is 1. The van der Waals surface area contributed by atoms with Crippen molar-refractivity contribution in [1.82, 2.24) is 4.90 Å². The summed E-state index contributed by atoms with van der Waals surface area (Å²) < 4.78 is 13.9. The fourth-order valence-electron chi connectivity index (χ4n) is 3.01. The first-order valence-corrected chi connectivity index (χ1v) is 9.23. The zero-order valence-electron chi connectivity index (χ0n) is 14.3. The Hall–Kier alpha value is -2.25. The van der Waals surface area contributed by atoms with Crippen molar-refractivity contribution < 1.29 is 18.8 Å². The molecule has 1 saturated heterocycles. The number of carbonyl (C=O) groups is 3. The van der Waals surface area contributed by atoms with Crippen molar-refractivity contribution in [2.45, 2.75) is 18.8 Å². The van der Waals surface area contributed by atoms with Crippen LogP contribution in [0.5, 0.6) is 0 Å². The number of amides is 3. The van der Waals surface area contributed by atoms with E-state index in [-0.39, 0.29) is 17.1 Å². The van der Waals surface area contributed by atoms with Crippen molar-refractivity contribution in [3.63, 3.8) is 0 Å². The number of rotatable bonds is 4. The van der Waals surface area contributed by atoms with E-state index in [2.05, 4.69) is 21.2 Å². The molecule has 1 fully saturated rings. The molecule has 0 bridgehead atoms. The molecule has 5 nitrogen and oxygen atoms in total. The van der Waals surface area contributed by atoms with E-state index in [4.69, 9.17) is 11.6 Å². The van der Waals surface area contributed by atoms with Gasteiger partial charge in [-0.2, -0.15) is 0 Å². The summed E-state index contributed by atoms with van der Waals surface area (Å²) in [4.78, 5) is 38.5. The van der Waals surface area contributed by atoms with Crippen LogP contribution in [0.4, 0.5) is 10.1 Å². The zero-order chi connectivity index (χ0) is 19.8. The van der Waals surface area contributed by atoms with Crippen molar-refractivity contribution >= 4 is 50.9 Å². The second kappa shape index (κ2) is 7.40. The Morgan fingerprint density at radius 2 is 1.93 bits per heavy atom. The molecule has 3 amide bonds. The molecule has 0 aliphatic carbocycles. The third-order valence-electron chi connectivity index (χ3n) is 4.51. The minimum absolute atomic E-state index is 0.0158. The summed E-state index contributed by atoms with van der Waals surface area (Å²) in [5.41, 5.74) is -0.114. The fourth-order valence-corrected chi connectivity index (χ4v) is 3.49. The van der Waals surface area contributed by atoms with Gasteiger partial charge in [-0.3, -0.25) is 19.3 Å². The lowest BCUT2D eigenvalue weighted by atomic mass is 9.81. The average molecular weight is 454 g/mol. The Kier molecular flexibility index (Phi) is 5.35. The fraction of sp³-hybridized carbons (Fsp3) is 0.211. The van der Waals surface area contributed by atoms with E-state index in [9.17, 15) is 18.8 Å². The number of hydrogen-bond acceptors (Lipinski definition) is 3. The summed E-state index contributed by atoms with van der Waals surface area (Å²) in [6.07, 6.45) is -0.0158. The minimum atomic E-state index is -1.02. The molecule has 1 unspecified atom stereocenters. The number of anilines is 1. The van der Waals surface area contributed by atoms with Gasteiger partial charge in [0.25, 0.3) is 0 Å². The molecular weight excluding hydrogens is 439 g/mol. The maximum absolute atomic E-state index is 13.1. The Morgan fingerprint density at radius 1 is 1.26 bits per heavy atom. The van der Waals surface area contributed by atoms with E-state index in [1.165, 1.54) is 6.07 Å². The van der Waals surface area contributed by atoms with E-state index in [1.807, 2.05) is 0 Å². The maximum Gasteiger partial charge on any atom is 0.244 e. The van der Waals surface area contributed by atoms with Crippen LogP contribution in [0.2, 0.25) is 5.02 Å². The van der Waals surface area contributed by atoms with E-state index >= 15 is 0 Å². The van der Waals surface area contributed by atoms with Gasteiger partial charge in [0, 0.05) is 10.9 Å². The Bertz CT molecular complexity index is 935. The monoisotopic (exact) mass is 452 g/mol. The smallest absolute Gasteiger partial charge is 0.244 e. The Labute approximate surface area is 168 Å². The van der Waals surface area contributed by atoms with Crippen LogP contribution < -0.4 is 5.32 Å². The van der Waals surface area contributed by atoms with Gasteiger partial charge in [0.05, 0.1) is 16.1 Å². The van der Waals surface area contributed by atoms with Gasteiger partial charge in [0.1, 0.15) is 12.4 Å². The van der Waals surface area contributed by atoms with Crippen LogP contribution >= 0.6 is 27.5 Å². The van der Waals surface area contributed by atoms with Gasteiger partial charge >= 0.3 is 0 Å². The number of imide groups is 1. The molecular formula is C19H15BrClFN2O3. The van der Waals surface area contributed by atoms with Gasteiger partial charge in [-0.05, 0) is 42.8 Å². The predicted molar refractivity (Wildman–Crippen MR) is 103 cm³/mol. The predicted octanol–water partition coefficient (Wildman–Crippen LogP) is 3.90. The van der Waals surface area contributed by atoms with E-state index < -0.39 is 35.5 Å². The summed E-state index contributed by atoms with van der Waals surface area (Å²) >= 11 is 9.22. The third-order valence-corrected chi connectivity index (χ3v) is 5.35. The lowest BCUT2D eigenvalue weighted by Gasteiger charge is -2.22. The molecule has 8 heteroatoms. The number of carbonyl (C=O) groups excluding carboxylic acids is 3. The second-order valence-corrected chi connectivity index (χ2v) is 7.80. The molecule has 1 heterocycles. The van der Waals surface area contributed by atoms with Crippen molar-refractivity contribution in [3.05, 3.63) is 63.3 Å². The Morgan fingerprint density at radius 3 is 2.56 bits per heavy atom. The molecule has 0 spiro atoms. The number of nitrogens with one attached hydrogen (secondary N) is 1. The van der Waals surface area contributed by atoms with Crippen LogP contribution in [0.3, 0.4) is 0 Å².